The molecule has 0 aliphatic carbocycles. The average Bonchev–Trinajstić information content (AvgIpc) is 2.56. The minimum Gasteiger partial charge on any atom is -0.399 e. The van der Waals surface area contributed by atoms with Gasteiger partial charge in [0.1, 0.15) is 6.61 Å². The number of benzene rings is 1. The van der Waals surface area contributed by atoms with Crippen LogP contribution in [-0.4, -0.2) is 31.1 Å². The molecule has 1 aliphatic heterocycles. The number of ether oxygens (including phenoxy) is 1. The molecular weight excluding hydrogens is 308 g/mol. The Kier molecular flexibility index (Phi) is 4.86. The molecule has 0 saturated carbocycles. The van der Waals surface area contributed by atoms with Gasteiger partial charge in [0.15, 0.2) is 0 Å². The average molecular weight is 330 g/mol. The van der Waals surface area contributed by atoms with Crippen LogP contribution in [0.1, 0.15) is 38.8 Å². The van der Waals surface area contributed by atoms with Gasteiger partial charge in [-0.05, 0) is 45.6 Å². The van der Waals surface area contributed by atoms with Gasteiger partial charge in [0.05, 0.1) is 17.8 Å². The lowest BCUT2D eigenvalue weighted by molar-refractivity contribution is -0.176. The Balaban J connectivity index is 2.06. The van der Waals surface area contributed by atoms with Crippen molar-refractivity contribution in [2.45, 2.75) is 58.6 Å². The third-order valence-corrected chi connectivity index (χ3v) is 4.38. The Bertz CT molecular complexity index is 554. The van der Waals surface area contributed by atoms with Crippen LogP contribution >= 0.6 is 0 Å². The van der Waals surface area contributed by atoms with Crippen molar-refractivity contribution in [2.75, 3.05) is 6.61 Å². The van der Waals surface area contributed by atoms with E-state index in [2.05, 4.69) is 4.74 Å². The maximum atomic E-state index is 12.1. The van der Waals surface area contributed by atoms with E-state index in [9.17, 15) is 13.2 Å². The largest absolute Gasteiger partial charge is 0.495 e. The second-order valence-corrected chi connectivity index (χ2v) is 6.89. The first-order valence-corrected chi connectivity index (χ1v) is 7.51. The Morgan fingerprint density at radius 2 is 1.65 bits per heavy atom. The molecule has 2 rings (SSSR count). The van der Waals surface area contributed by atoms with Crippen LogP contribution < -0.4 is 5.46 Å². The summed E-state index contributed by atoms with van der Waals surface area (Å²) in [6.07, 6.45) is -4.31. The van der Waals surface area contributed by atoms with E-state index in [1.54, 1.807) is 12.1 Å². The second-order valence-electron chi connectivity index (χ2n) is 6.89. The molecule has 0 spiro atoms. The number of rotatable bonds is 4. The summed E-state index contributed by atoms with van der Waals surface area (Å²) >= 11 is 0. The van der Waals surface area contributed by atoms with Crippen LogP contribution in [0.3, 0.4) is 0 Å². The maximum Gasteiger partial charge on any atom is 0.495 e. The highest BCUT2D eigenvalue weighted by atomic mass is 19.4. The minimum atomic E-state index is -4.31. The third-order valence-electron chi connectivity index (χ3n) is 4.38. The van der Waals surface area contributed by atoms with Crippen LogP contribution in [0, 0.1) is 6.92 Å². The van der Waals surface area contributed by atoms with Gasteiger partial charge in [0.2, 0.25) is 0 Å². The highest BCUT2D eigenvalue weighted by Gasteiger charge is 2.52. The summed E-state index contributed by atoms with van der Waals surface area (Å²) in [4.78, 5) is 0. The Morgan fingerprint density at radius 3 is 2.13 bits per heavy atom. The number of halogens is 3. The fraction of sp³-hybridized carbons (Fsp3) is 0.625. The molecule has 23 heavy (non-hydrogen) atoms. The summed E-state index contributed by atoms with van der Waals surface area (Å²) in [5, 5.41) is 0. The van der Waals surface area contributed by atoms with Gasteiger partial charge in [-0.15, -0.1) is 0 Å². The summed E-state index contributed by atoms with van der Waals surface area (Å²) in [7, 11) is -0.481. The number of hydrogen-bond acceptors (Lipinski definition) is 3. The molecule has 1 saturated heterocycles. The minimum absolute atomic E-state index is 0.0794. The quantitative estimate of drug-likeness (QED) is 0.792. The van der Waals surface area contributed by atoms with Crippen LogP contribution in [0.5, 0.6) is 0 Å². The molecule has 3 nitrogen and oxygen atoms in total. The van der Waals surface area contributed by atoms with Crippen LogP contribution in [0.2, 0.25) is 0 Å². The molecule has 7 heteroatoms. The van der Waals surface area contributed by atoms with Crippen molar-refractivity contribution in [2.24, 2.45) is 0 Å². The van der Waals surface area contributed by atoms with Crippen LogP contribution in [0.4, 0.5) is 13.2 Å². The molecule has 128 valence electrons. The van der Waals surface area contributed by atoms with Gasteiger partial charge >= 0.3 is 13.3 Å². The van der Waals surface area contributed by atoms with Crippen molar-refractivity contribution >= 4 is 12.6 Å². The van der Waals surface area contributed by atoms with E-state index in [0.29, 0.717) is 5.56 Å². The molecule has 1 aromatic carbocycles. The monoisotopic (exact) mass is 330 g/mol. The van der Waals surface area contributed by atoms with Crippen molar-refractivity contribution in [1.29, 1.82) is 0 Å². The van der Waals surface area contributed by atoms with Crippen LogP contribution in [0.25, 0.3) is 0 Å². The molecule has 0 aromatic heterocycles. The molecule has 0 radical (unpaired) electrons. The standard InChI is InChI=1S/C16H22BF3O3/c1-11-8-12(9-21-10-16(18,19)20)6-7-13(11)17-22-14(2,3)15(4,5)23-17/h6-8H,9-10H2,1-5H3. The zero-order valence-electron chi connectivity index (χ0n) is 14.1. The first kappa shape index (κ1) is 18.3. The third kappa shape index (κ3) is 4.28. The van der Waals surface area contributed by atoms with Crippen LogP contribution in [-0.2, 0) is 20.7 Å². The van der Waals surface area contributed by atoms with Gasteiger partial charge in [0.25, 0.3) is 0 Å². The van der Waals surface area contributed by atoms with Gasteiger partial charge in [-0.3, -0.25) is 0 Å². The maximum absolute atomic E-state index is 12.1. The van der Waals surface area contributed by atoms with Gasteiger partial charge in [0, 0.05) is 0 Å². The van der Waals surface area contributed by atoms with Crippen molar-refractivity contribution in [3.63, 3.8) is 0 Å². The Morgan fingerprint density at radius 1 is 1.09 bits per heavy atom. The summed E-state index contributed by atoms with van der Waals surface area (Å²) in [5.41, 5.74) is 1.60. The van der Waals surface area contributed by atoms with Crippen molar-refractivity contribution in [1.82, 2.24) is 0 Å². The topological polar surface area (TPSA) is 27.7 Å². The van der Waals surface area contributed by atoms with Gasteiger partial charge in [-0.25, -0.2) is 0 Å². The SMILES string of the molecule is Cc1cc(COCC(F)(F)F)ccc1B1OC(C)(C)C(C)(C)O1. The lowest BCUT2D eigenvalue weighted by atomic mass is 9.76. The Labute approximate surface area is 135 Å². The van der Waals surface area contributed by atoms with Crippen molar-refractivity contribution in [3.05, 3.63) is 29.3 Å². The first-order chi connectivity index (χ1) is 10.4. The Hall–Kier alpha value is -1.05. The van der Waals surface area contributed by atoms with E-state index in [4.69, 9.17) is 9.31 Å². The first-order valence-electron chi connectivity index (χ1n) is 7.51. The van der Waals surface area contributed by atoms with Crippen LogP contribution in [0.15, 0.2) is 18.2 Å². The van der Waals surface area contributed by atoms with E-state index in [-0.39, 0.29) is 6.61 Å². The smallest absolute Gasteiger partial charge is 0.399 e. The number of hydrogen-bond donors (Lipinski definition) is 0. The van der Waals surface area contributed by atoms with Gasteiger partial charge in [-0.1, -0.05) is 23.8 Å². The molecule has 1 aliphatic rings. The second kappa shape index (κ2) is 6.11. The zero-order chi connectivity index (χ0) is 17.5. The van der Waals surface area contributed by atoms with Crippen molar-refractivity contribution in [3.8, 4) is 0 Å². The summed E-state index contributed by atoms with van der Waals surface area (Å²) < 4.78 is 53.0. The predicted molar refractivity (Wildman–Crippen MR) is 82.6 cm³/mol. The predicted octanol–water partition coefficient (Wildman–Crippen LogP) is 3.37. The highest BCUT2D eigenvalue weighted by molar-refractivity contribution is 6.62. The molecule has 1 heterocycles. The lowest BCUT2D eigenvalue weighted by Crippen LogP contribution is -2.41. The van der Waals surface area contributed by atoms with Gasteiger partial charge < -0.3 is 14.0 Å². The number of alkyl halides is 3. The van der Waals surface area contributed by atoms with E-state index < -0.39 is 31.1 Å². The molecule has 0 unspecified atom stereocenters. The van der Waals surface area contributed by atoms with E-state index >= 15 is 0 Å². The summed E-state index contributed by atoms with van der Waals surface area (Å²) in [6.45, 7) is 8.45. The zero-order valence-corrected chi connectivity index (χ0v) is 14.1. The van der Waals surface area contributed by atoms with Crippen molar-refractivity contribution < 1.29 is 27.2 Å². The fourth-order valence-electron chi connectivity index (χ4n) is 2.35. The molecule has 1 fully saturated rings. The normalized spacial score (nSPS) is 20.1. The molecule has 0 atom stereocenters. The molecule has 0 bridgehead atoms. The summed E-state index contributed by atoms with van der Waals surface area (Å²) in [5.74, 6) is 0. The van der Waals surface area contributed by atoms with Gasteiger partial charge in [-0.2, -0.15) is 13.2 Å². The summed E-state index contributed by atoms with van der Waals surface area (Å²) in [6, 6.07) is 5.37. The van der Waals surface area contributed by atoms with E-state index in [0.717, 1.165) is 11.0 Å². The number of aryl methyl sites for hydroxylation is 1. The van der Waals surface area contributed by atoms with E-state index in [1.807, 2.05) is 40.7 Å². The fourth-order valence-corrected chi connectivity index (χ4v) is 2.35. The lowest BCUT2D eigenvalue weighted by Gasteiger charge is -2.32. The molecular formula is C16H22BF3O3. The van der Waals surface area contributed by atoms with E-state index in [1.165, 1.54) is 0 Å². The molecule has 1 aromatic rings. The molecule has 0 amide bonds. The molecule has 0 N–H and O–H groups in total. The highest BCUT2D eigenvalue weighted by Crippen LogP contribution is 2.36.